The van der Waals surface area contributed by atoms with E-state index in [9.17, 15) is 15.0 Å². The number of carbonyl (C=O) groups is 1. The van der Waals surface area contributed by atoms with Crippen molar-refractivity contribution in [1.82, 2.24) is 4.90 Å². The van der Waals surface area contributed by atoms with Crippen molar-refractivity contribution in [2.24, 2.45) is 5.92 Å². The van der Waals surface area contributed by atoms with Crippen LogP contribution in [0.5, 0.6) is 0 Å². The molecule has 1 aromatic rings. The van der Waals surface area contributed by atoms with Crippen LogP contribution in [0.3, 0.4) is 0 Å². The molecule has 3 rings (SSSR count). The van der Waals surface area contributed by atoms with Gasteiger partial charge in [0.05, 0.1) is 12.5 Å². The summed E-state index contributed by atoms with van der Waals surface area (Å²) in [6.45, 7) is 0.825. The zero-order chi connectivity index (χ0) is 13.4. The first kappa shape index (κ1) is 13.1. The lowest BCUT2D eigenvalue weighted by atomic mass is 9.79. The van der Waals surface area contributed by atoms with Crippen molar-refractivity contribution < 1.29 is 15.0 Å². The van der Waals surface area contributed by atoms with Crippen molar-refractivity contribution in [2.45, 2.75) is 37.3 Å². The Morgan fingerprint density at radius 2 is 2.32 bits per heavy atom. The molecule has 2 aliphatic heterocycles. The Morgan fingerprint density at radius 1 is 1.47 bits per heavy atom. The van der Waals surface area contributed by atoms with E-state index >= 15 is 0 Å². The van der Waals surface area contributed by atoms with Crippen LogP contribution in [0, 0.1) is 5.92 Å². The Kier molecular flexibility index (Phi) is 3.60. The lowest BCUT2D eigenvalue weighted by Gasteiger charge is -2.42. The standard InChI is InChI=1S/C14H19NO3S/c16-6-5-15-9-3-4-11(15)13(10(8-9)14(17)18)12-2-1-7-19-12/h1-2,7,9-11,13,16H,3-6,8H2,(H,17,18). The highest BCUT2D eigenvalue weighted by Crippen LogP contribution is 2.48. The fraction of sp³-hybridized carbons (Fsp3) is 0.643. The summed E-state index contributed by atoms with van der Waals surface area (Å²) in [5.41, 5.74) is 0. The van der Waals surface area contributed by atoms with Gasteiger partial charge in [0, 0.05) is 29.4 Å². The third kappa shape index (κ3) is 2.20. The fourth-order valence-corrected chi connectivity index (χ4v) is 4.85. The summed E-state index contributed by atoms with van der Waals surface area (Å²) in [5, 5.41) is 20.8. The van der Waals surface area contributed by atoms with Gasteiger partial charge in [0.1, 0.15) is 0 Å². The number of carboxylic acid groups (broad SMARTS) is 1. The molecule has 2 N–H and O–H groups in total. The third-order valence-corrected chi connectivity index (χ3v) is 5.59. The van der Waals surface area contributed by atoms with Crippen LogP contribution < -0.4 is 0 Å². The van der Waals surface area contributed by atoms with Gasteiger partial charge in [-0.3, -0.25) is 9.69 Å². The molecular weight excluding hydrogens is 262 g/mol. The third-order valence-electron chi connectivity index (χ3n) is 4.61. The maximum absolute atomic E-state index is 11.6. The van der Waals surface area contributed by atoms with Gasteiger partial charge in [-0.25, -0.2) is 0 Å². The fourth-order valence-electron chi connectivity index (χ4n) is 3.90. The van der Waals surface area contributed by atoms with Gasteiger partial charge in [-0.05, 0) is 30.7 Å². The van der Waals surface area contributed by atoms with Gasteiger partial charge >= 0.3 is 5.97 Å². The molecule has 19 heavy (non-hydrogen) atoms. The van der Waals surface area contributed by atoms with E-state index in [1.165, 1.54) is 4.88 Å². The molecule has 0 radical (unpaired) electrons. The Hall–Kier alpha value is -0.910. The van der Waals surface area contributed by atoms with Crippen molar-refractivity contribution in [2.75, 3.05) is 13.2 Å². The molecule has 4 unspecified atom stereocenters. The normalized spacial score (nSPS) is 34.6. The maximum Gasteiger partial charge on any atom is 0.307 e. The summed E-state index contributed by atoms with van der Waals surface area (Å²) in [6, 6.07) is 4.68. The molecule has 4 atom stereocenters. The molecule has 0 saturated carbocycles. The quantitative estimate of drug-likeness (QED) is 0.883. The molecule has 2 aliphatic rings. The summed E-state index contributed by atoms with van der Waals surface area (Å²) < 4.78 is 0. The van der Waals surface area contributed by atoms with Crippen molar-refractivity contribution in [1.29, 1.82) is 0 Å². The van der Waals surface area contributed by atoms with E-state index in [-0.39, 0.29) is 24.5 Å². The summed E-state index contributed by atoms with van der Waals surface area (Å²) >= 11 is 1.66. The first-order chi connectivity index (χ1) is 9.22. The number of nitrogens with zero attached hydrogens (tertiary/aromatic N) is 1. The molecule has 0 spiro atoms. The van der Waals surface area contributed by atoms with Crippen LogP contribution in [0.2, 0.25) is 0 Å². The van der Waals surface area contributed by atoms with E-state index in [2.05, 4.69) is 11.0 Å². The van der Waals surface area contributed by atoms with Crippen LogP contribution in [0.25, 0.3) is 0 Å². The molecule has 5 heteroatoms. The SMILES string of the molecule is O=C(O)C1CC2CCC(C1c1cccs1)N2CCO. The number of carboxylic acids is 1. The number of piperidine rings is 1. The molecule has 2 bridgehead atoms. The summed E-state index contributed by atoms with van der Waals surface area (Å²) in [7, 11) is 0. The first-order valence-electron chi connectivity index (χ1n) is 6.85. The summed E-state index contributed by atoms with van der Waals surface area (Å²) in [5.74, 6) is -0.854. The molecule has 104 valence electrons. The number of rotatable bonds is 4. The van der Waals surface area contributed by atoms with Crippen molar-refractivity contribution in [3.05, 3.63) is 22.4 Å². The second-order valence-corrected chi connectivity index (χ2v) is 6.46. The van der Waals surface area contributed by atoms with Gasteiger partial charge in [0.15, 0.2) is 0 Å². The molecule has 0 aromatic carbocycles. The Morgan fingerprint density at radius 3 is 2.95 bits per heavy atom. The van der Waals surface area contributed by atoms with Crippen LogP contribution in [0.1, 0.15) is 30.1 Å². The zero-order valence-electron chi connectivity index (χ0n) is 10.7. The average Bonchev–Trinajstić information content (AvgIpc) is 2.98. The average molecular weight is 281 g/mol. The maximum atomic E-state index is 11.6. The number of hydrogen-bond donors (Lipinski definition) is 2. The predicted molar refractivity (Wildman–Crippen MR) is 73.4 cm³/mol. The number of aliphatic hydroxyl groups excluding tert-OH is 1. The van der Waals surface area contributed by atoms with Crippen LogP contribution >= 0.6 is 11.3 Å². The second kappa shape index (κ2) is 5.23. The minimum absolute atomic E-state index is 0.0859. The molecule has 4 nitrogen and oxygen atoms in total. The van der Waals surface area contributed by atoms with Gasteiger partial charge in [0.2, 0.25) is 0 Å². The summed E-state index contributed by atoms with van der Waals surface area (Å²) in [4.78, 5) is 15.1. The molecule has 3 heterocycles. The number of fused-ring (bicyclic) bond motifs is 2. The van der Waals surface area contributed by atoms with Crippen LogP contribution in [0.4, 0.5) is 0 Å². The van der Waals surface area contributed by atoms with Gasteiger partial charge in [-0.2, -0.15) is 0 Å². The number of aliphatic carboxylic acids is 1. The molecule has 1 aromatic heterocycles. The van der Waals surface area contributed by atoms with Gasteiger partial charge < -0.3 is 10.2 Å². The smallest absolute Gasteiger partial charge is 0.307 e. The minimum Gasteiger partial charge on any atom is -0.481 e. The van der Waals surface area contributed by atoms with E-state index in [1.807, 2.05) is 11.4 Å². The van der Waals surface area contributed by atoms with E-state index in [4.69, 9.17) is 0 Å². The lowest BCUT2D eigenvalue weighted by molar-refractivity contribution is -0.145. The lowest BCUT2D eigenvalue weighted by Crippen LogP contribution is -2.50. The summed E-state index contributed by atoms with van der Waals surface area (Å²) in [6.07, 6.45) is 2.84. The van der Waals surface area contributed by atoms with Crippen LogP contribution in [0.15, 0.2) is 17.5 Å². The minimum atomic E-state index is -0.668. The highest BCUT2D eigenvalue weighted by atomic mass is 32.1. The molecule has 0 amide bonds. The van der Waals surface area contributed by atoms with Gasteiger partial charge in [-0.15, -0.1) is 11.3 Å². The van der Waals surface area contributed by atoms with E-state index in [0.717, 1.165) is 12.8 Å². The molecule has 2 saturated heterocycles. The number of thiophene rings is 1. The Bertz CT molecular complexity index is 448. The molecule has 0 aliphatic carbocycles. The van der Waals surface area contributed by atoms with Crippen LogP contribution in [-0.2, 0) is 4.79 Å². The van der Waals surface area contributed by atoms with E-state index in [1.54, 1.807) is 11.3 Å². The van der Waals surface area contributed by atoms with E-state index < -0.39 is 5.97 Å². The van der Waals surface area contributed by atoms with Crippen molar-refractivity contribution in [3.63, 3.8) is 0 Å². The Balaban J connectivity index is 1.93. The molecular formula is C14H19NO3S. The Labute approximate surface area is 116 Å². The first-order valence-corrected chi connectivity index (χ1v) is 7.73. The monoisotopic (exact) mass is 281 g/mol. The zero-order valence-corrected chi connectivity index (χ0v) is 11.6. The largest absolute Gasteiger partial charge is 0.481 e. The van der Waals surface area contributed by atoms with Gasteiger partial charge in [0.25, 0.3) is 0 Å². The molecule has 2 fully saturated rings. The number of aliphatic hydroxyl groups is 1. The topological polar surface area (TPSA) is 60.8 Å². The second-order valence-electron chi connectivity index (χ2n) is 5.48. The van der Waals surface area contributed by atoms with E-state index in [0.29, 0.717) is 19.0 Å². The van der Waals surface area contributed by atoms with Crippen molar-refractivity contribution in [3.8, 4) is 0 Å². The number of hydrogen-bond acceptors (Lipinski definition) is 4. The predicted octanol–water partition coefficient (Wildman–Crippen LogP) is 1.76. The van der Waals surface area contributed by atoms with Crippen LogP contribution in [-0.4, -0.2) is 46.3 Å². The van der Waals surface area contributed by atoms with Crippen molar-refractivity contribution >= 4 is 17.3 Å². The highest BCUT2D eigenvalue weighted by molar-refractivity contribution is 7.10. The van der Waals surface area contributed by atoms with Gasteiger partial charge in [-0.1, -0.05) is 6.07 Å². The highest BCUT2D eigenvalue weighted by Gasteiger charge is 2.50.